The number of halogens is 1. The molecule has 0 aliphatic carbocycles. The fraction of sp³-hybridized carbons (Fsp3) is 0.517. The summed E-state index contributed by atoms with van der Waals surface area (Å²) in [5.41, 5.74) is 0.607. The number of unbranched alkanes of at least 4 members (excludes halogenated alkanes) is 1. The van der Waals surface area contributed by atoms with Crippen LogP contribution in [-0.4, -0.2) is 58.1 Å². The summed E-state index contributed by atoms with van der Waals surface area (Å²) in [6.07, 6.45) is 5.72. The van der Waals surface area contributed by atoms with Crippen molar-refractivity contribution in [3.8, 4) is 11.8 Å². The average Bonchev–Trinajstić information content (AvgIpc) is 2.89. The standard InChI is InChI=1S/C29H39FN6O3/c1-5-16-31-25-21(20-33-27(35-25)34-23-14-11-13-22(30)19-23)12-7-6-9-17-32-26(37)24-15-8-10-18-36(24)28(38)39-29(2,3)4/h11,13-14,19-20,24H,5-6,8-10,15-18H2,1-4H3,(H,32,37)(H2,31,33,34,35)/t24-/m0/s1. The number of hydrogen-bond acceptors (Lipinski definition) is 7. The number of piperidine rings is 1. The van der Waals surface area contributed by atoms with Gasteiger partial charge in [0.2, 0.25) is 11.9 Å². The van der Waals surface area contributed by atoms with E-state index in [1.807, 2.05) is 20.8 Å². The van der Waals surface area contributed by atoms with E-state index in [9.17, 15) is 14.0 Å². The van der Waals surface area contributed by atoms with Gasteiger partial charge in [-0.2, -0.15) is 4.98 Å². The summed E-state index contributed by atoms with van der Waals surface area (Å²) in [6.45, 7) is 9.21. The Morgan fingerprint density at radius 3 is 2.79 bits per heavy atom. The number of rotatable bonds is 9. The molecule has 10 heteroatoms. The van der Waals surface area contributed by atoms with E-state index in [0.717, 1.165) is 25.8 Å². The van der Waals surface area contributed by atoms with Crippen molar-refractivity contribution in [2.45, 2.75) is 77.9 Å². The molecule has 0 unspecified atom stereocenters. The van der Waals surface area contributed by atoms with Crippen LogP contribution in [0.25, 0.3) is 0 Å². The van der Waals surface area contributed by atoms with Crippen LogP contribution in [0, 0.1) is 17.7 Å². The van der Waals surface area contributed by atoms with E-state index in [1.54, 1.807) is 23.2 Å². The Hall–Kier alpha value is -3.87. The van der Waals surface area contributed by atoms with Crippen LogP contribution in [0.3, 0.4) is 0 Å². The monoisotopic (exact) mass is 538 g/mol. The highest BCUT2D eigenvalue weighted by molar-refractivity contribution is 5.85. The first-order chi connectivity index (χ1) is 18.7. The Morgan fingerprint density at radius 2 is 2.05 bits per heavy atom. The maximum atomic E-state index is 13.5. The summed E-state index contributed by atoms with van der Waals surface area (Å²) in [7, 11) is 0. The van der Waals surface area contributed by atoms with E-state index in [2.05, 4.69) is 44.7 Å². The second kappa shape index (κ2) is 14.3. The third-order valence-electron chi connectivity index (χ3n) is 5.85. The number of hydrogen-bond donors (Lipinski definition) is 3. The van der Waals surface area contributed by atoms with Crippen molar-refractivity contribution in [1.82, 2.24) is 20.2 Å². The van der Waals surface area contributed by atoms with E-state index in [1.165, 1.54) is 12.1 Å². The zero-order valence-electron chi connectivity index (χ0n) is 23.3. The molecule has 0 bridgehead atoms. The van der Waals surface area contributed by atoms with Crippen LogP contribution in [0.15, 0.2) is 30.5 Å². The molecule has 2 amide bonds. The lowest BCUT2D eigenvalue weighted by Crippen LogP contribution is -2.53. The zero-order valence-corrected chi connectivity index (χ0v) is 23.3. The first-order valence-corrected chi connectivity index (χ1v) is 13.6. The third-order valence-corrected chi connectivity index (χ3v) is 5.85. The van der Waals surface area contributed by atoms with Gasteiger partial charge in [0.05, 0.1) is 11.8 Å². The minimum Gasteiger partial charge on any atom is -0.444 e. The number of likely N-dealkylation sites (tertiary alicyclic amines) is 1. The number of carbonyl (C=O) groups is 2. The molecular formula is C29H39FN6O3. The molecule has 1 aliphatic heterocycles. The minimum atomic E-state index is -0.608. The Kier molecular flexibility index (Phi) is 10.9. The molecule has 1 saturated heterocycles. The maximum Gasteiger partial charge on any atom is 0.410 e. The van der Waals surface area contributed by atoms with E-state index >= 15 is 0 Å². The van der Waals surface area contributed by atoms with Gasteiger partial charge in [-0.05, 0) is 71.1 Å². The zero-order chi connectivity index (χ0) is 28.3. The predicted octanol–water partition coefficient (Wildman–Crippen LogP) is 5.22. The van der Waals surface area contributed by atoms with E-state index < -0.39 is 17.7 Å². The van der Waals surface area contributed by atoms with Crippen LogP contribution in [-0.2, 0) is 9.53 Å². The molecule has 1 atom stereocenters. The molecule has 0 spiro atoms. The summed E-state index contributed by atoms with van der Waals surface area (Å²) < 4.78 is 19.0. The van der Waals surface area contributed by atoms with Crippen LogP contribution in [0.5, 0.6) is 0 Å². The van der Waals surface area contributed by atoms with Crippen LogP contribution < -0.4 is 16.0 Å². The molecule has 0 radical (unpaired) electrons. The van der Waals surface area contributed by atoms with Gasteiger partial charge in [0.15, 0.2) is 0 Å². The van der Waals surface area contributed by atoms with Crippen molar-refractivity contribution in [3.63, 3.8) is 0 Å². The molecular weight excluding hydrogens is 499 g/mol. The molecule has 3 rings (SSSR count). The van der Waals surface area contributed by atoms with E-state index in [4.69, 9.17) is 4.74 Å². The highest BCUT2D eigenvalue weighted by Crippen LogP contribution is 2.21. The quantitative estimate of drug-likeness (QED) is 0.297. The summed E-state index contributed by atoms with van der Waals surface area (Å²) in [4.78, 5) is 35.8. The van der Waals surface area contributed by atoms with Gasteiger partial charge in [-0.25, -0.2) is 14.2 Å². The molecule has 3 N–H and O–H groups in total. The lowest BCUT2D eigenvalue weighted by Gasteiger charge is -2.35. The van der Waals surface area contributed by atoms with E-state index in [0.29, 0.717) is 55.4 Å². The van der Waals surface area contributed by atoms with Gasteiger partial charge in [0.25, 0.3) is 0 Å². The second-order valence-corrected chi connectivity index (χ2v) is 10.4. The lowest BCUT2D eigenvalue weighted by molar-refractivity contribution is -0.127. The van der Waals surface area contributed by atoms with Crippen molar-refractivity contribution >= 4 is 29.5 Å². The Balaban J connectivity index is 1.53. The lowest BCUT2D eigenvalue weighted by atomic mass is 10.0. The number of ether oxygens (including phenoxy) is 1. The summed E-state index contributed by atoms with van der Waals surface area (Å²) in [6, 6.07) is 5.59. The van der Waals surface area contributed by atoms with Crippen molar-refractivity contribution in [2.75, 3.05) is 30.3 Å². The molecule has 1 aliphatic rings. The van der Waals surface area contributed by atoms with Crippen LogP contribution >= 0.6 is 0 Å². The number of amides is 2. The Labute approximate surface area is 230 Å². The highest BCUT2D eigenvalue weighted by Gasteiger charge is 2.34. The fourth-order valence-corrected chi connectivity index (χ4v) is 4.01. The summed E-state index contributed by atoms with van der Waals surface area (Å²) in [5, 5.41) is 9.22. The van der Waals surface area contributed by atoms with Gasteiger partial charge in [0.1, 0.15) is 23.3 Å². The number of benzene rings is 1. The SMILES string of the molecule is CCCNc1nc(Nc2cccc(F)c2)ncc1C#CCCCNC(=O)[C@@H]1CCCCN1C(=O)OC(C)(C)C. The molecule has 2 heterocycles. The largest absolute Gasteiger partial charge is 0.444 e. The van der Waals surface area contributed by atoms with Gasteiger partial charge >= 0.3 is 6.09 Å². The van der Waals surface area contributed by atoms with Gasteiger partial charge in [-0.3, -0.25) is 9.69 Å². The third kappa shape index (κ3) is 9.74. The van der Waals surface area contributed by atoms with Crippen molar-refractivity contribution in [3.05, 3.63) is 41.8 Å². The van der Waals surface area contributed by atoms with Crippen molar-refractivity contribution in [1.29, 1.82) is 0 Å². The molecule has 1 aromatic heterocycles. The smallest absolute Gasteiger partial charge is 0.410 e. The van der Waals surface area contributed by atoms with Crippen LogP contribution in [0.2, 0.25) is 0 Å². The number of nitrogens with zero attached hydrogens (tertiary/aromatic N) is 3. The number of anilines is 3. The molecule has 1 fully saturated rings. The molecule has 210 valence electrons. The van der Waals surface area contributed by atoms with Crippen LogP contribution in [0.4, 0.5) is 26.6 Å². The maximum absolute atomic E-state index is 13.5. The topological polar surface area (TPSA) is 108 Å². The Morgan fingerprint density at radius 1 is 1.23 bits per heavy atom. The van der Waals surface area contributed by atoms with Gasteiger partial charge in [-0.15, -0.1) is 0 Å². The summed E-state index contributed by atoms with van der Waals surface area (Å²) >= 11 is 0. The van der Waals surface area contributed by atoms with Gasteiger partial charge in [-0.1, -0.05) is 24.8 Å². The molecule has 39 heavy (non-hydrogen) atoms. The minimum absolute atomic E-state index is 0.158. The van der Waals surface area contributed by atoms with E-state index in [-0.39, 0.29) is 11.7 Å². The molecule has 1 aromatic carbocycles. The predicted molar refractivity (Wildman–Crippen MR) is 150 cm³/mol. The normalized spacial score (nSPS) is 15.1. The summed E-state index contributed by atoms with van der Waals surface area (Å²) in [5.74, 6) is 6.68. The van der Waals surface area contributed by atoms with Crippen molar-refractivity contribution < 1.29 is 18.7 Å². The van der Waals surface area contributed by atoms with Crippen LogP contribution in [0.1, 0.15) is 71.8 Å². The average molecular weight is 539 g/mol. The van der Waals surface area contributed by atoms with Gasteiger partial charge in [0, 0.05) is 31.7 Å². The number of aromatic nitrogens is 2. The molecule has 0 saturated carbocycles. The molecule has 9 nitrogen and oxygen atoms in total. The number of nitrogens with one attached hydrogen (secondary N) is 3. The first-order valence-electron chi connectivity index (χ1n) is 13.6. The second-order valence-electron chi connectivity index (χ2n) is 10.4. The molecule has 2 aromatic rings. The highest BCUT2D eigenvalue weighted by atomic mass is 19.1. The number of carbonyl (C=O) groups excluding carboxylic acids is 2. The fourth-order valence-electron chi connectivity index (χ4n) is 4.01. The first kappa shape index (κ1) is 29.7. The Bertz CT molecular complexity index is 1190. The van der Waals surface area contributed by atoms with Crippen molar-refractivity contribution in [2.24, 2.45) is 0 Å². The van der Waals surface area contributed by atoms with Gasteiger partial charge < -0.3 is 20.7 Å².